The van der Waals surface area contributed by atoms with Gasteiger partial charge in [0.25, 0.3) is 0 Å². The minimum absolute atomic E-state index is 0.0204. The molecule has 1 aromatic carbocycles. The lowest BCUT2D eigenvalue weighted by Gasteiger charge is -2.11. The average molecular weight is 420 g/mol. The van der Waals surface area contributed by atoms with Gasteiger partial charge in [-0.15, -0.1) is 0 Å². The molecule has 0 aliphatic rings. The highest BCUT2D eigenvalue weighted by Gasteiger charge is 2.35. The van der Waals surface area contributed by atoms with E-state index < -0.39 is 21.7 Å². The van der Waals surface area contributed by atoms with Gasteiger partial charge < -0.3 is 0 Å². The molecule has 0 saturated heterocycles. The Hall–Kier alpha value is -1.94. The van der Waals surface area contributed by atoms with Crippen molar-refractivity contribution in [3.8, 4) is 11.3 Å². The van der Waals surface area contributed by atoms with Crippen molar-refractivity contribution in [3.05, 3.63) is 46.7 Å². The molecule has 0 bridgehead atoms. The van der Waals surface area contributed by atoms with Crippen molar-refractivity contribution in [2.75, 3.05) is 6.26 Å². The maximum Gasteiger partial charge on any atom is 0.433 e. The van der Waals surface area contributed by atoms with E-state index in [1.807, 2.05) is 0 Å². The van der Waals surface area contributed by atoms with Gasteiger partial charge >= 0.3 is 6.18 Å². The maximum absolute atomic E-state index is 13.3. The second-order valence-electron chi connectivity index (χ2n) is 5.05. The normalized spacial score (nSPS) is 12.7. The Morgan fingerprint density at radius 1 is 1.17 bits per heavy atom. The van der Waals surface area contributed by atoms with E-state index in [0.29, 0.717) is 14.6 Å². The summed E-state index contributed by atoms with van der Waals surface area (Å²) in [6.45, 7) is 0. The molecule has 0 aliphatic heterocycles. The summed E-state index contributed by atoms with van der Waals surface area (Å²) in [5, 5.41) is 3.67. The monoisotopic (exact) mass is 419 g/mol. The largest absolute Gasteiger partial charge is 0.433 e. The number of sulfone groups is 1. The highest BCUT2D eigenvalue weighted by molar-refractivity contribution is 9.10. The minimum Gasteiger partial charge on any atom is -0.227 e. The molecular formula is C14H9BrF3N3O2S. The number of hydrogen-bond acceptors (Lipinski definition) is 4. The standard InChI is InChI=1S/C14H9BrF3N3O2S/c1-24(22,23)9-4-2-8(3-5-9)11-6-12(14(16,17)18)21-13(20-11)10(15)7-19-21/h2-7H,1H3. The van der Waals surface area contributed by atoms with Crippen molar-refractivity contribution in [2.24, 2.45) is 0 Å². The number of hydrogen-bond donors (Lipinski definition) is 0. The molecule has 0 aliphatic carbocycles. The van der Waals surface area contributed by atoms with Crippen molar-refractivity contribution < 1.29 is 21.6 Å². The smallest absolute Gasteiger partial charge is 0.227 e. The van der Waals surface area contributed by atoms with E-state index in [4.69, 9.17) is 0 Å². The fourth-order valence-corrected chi connectivity index (χ4v) is 3.14. The third-order valence-electron chi connectivity index (χ3n) is 3.30. The number of aromatic nitrogens is 3. The summed E-state index contributed by atoms with van der Waals surface area (Å²) in [6.07, 6.45) is -2.33. The molecular weight excluding hydrogens is 411 g/mol. The van der Waals surface area contributed by atoms with E-state index in [2.05, 4.69) is 26.0 Å². The van der Waals surface area contributed by atoms with Crippen molar-refractivity contribution in [1.29, 1.82) is 0 Å². The third-order valence-corrected chi connectivity index (χ3v) is 4.99. The van der Waals surface area contributed by atoms with E-state index in [-0.39, 0.29) is 16.2 Å². The Bertz CT molecular complexity index is 1030. The Morgan fingerprint density at radius 2 is 1.79 bits per heavy atom. The van der Waals surface area contributed by atoms with Gasteiger partial charge in [0.1, 0.15) is 0 Å². The van der Waals surface area contributed by atoms with Gasteiger partial charge in [0, 0.05) is 11.8 Å². The maximum atomic E-state index is 13.3. The molecule has 0 unspecified atom stereocenters. The van der Waals surface area contributed by atoms with Crippen LogP contribution >= 0.6 is 15.9 Å². The predicted molar refractivity (Wildman–Crippen MR) is 84.2 cm³/mol. The minimum atomic E-state index is -4.62. The average Bonchev–Trinajstić information content (AvgIpc) is 2.86. The quantitative estimate of drug-likeness (QED) is 0.636. The van der Waals surface area contributed by atoms with Crippen LogP contribution in [0.5, 0.6) is 0 Å². The van der Waals surface area contributed by atoms with Gasteiger partial charge in [-0.25, -0.2) is 17.9 Å². The summed E-state index contributed by atoms with van der Waals surface area (Å²) in [5.41, 5.74) is -0.521. The van der Waals surface area contributed by atoms with Crippen molar-refractivity contribution in [2.45, 2.75) is 11.1 Å². The molecule has 0 fully saturated rings. The number of fused-ring (bicyclic) bond motifs is 1. The van der Waals surface area contributed by atoms with Crippen LogP contribution in [0.25, 0.3) is 16.9 Å². The molecule has 0 N–H and O–H groups in total. The molecule has 2 aromatic heterocycles. The molecule has 0 amide bonds. The molecule has 3 aromatic rings. The highest BCUT2D eigenvalue weighted by atomic mass is 79.9. The Kier molecular flexibility index (Phi) is 3.91. The van der Waals surface area contributed by atoms with Crippen LogP contribution in [0.2, 0.25) is 0 Å². The number of alkyl halides is 3. The van der Waals surface area contributed by atoms with Gasteiger partial charge in [0.2, 0.25) is 0 Å². The molecule has 126 valence electrons. The molecule has 5 nitrogen and oxygen atoms in total. The summed E-state index contributed by atoms with van der Waals surface area (Å²) in [7, 11) is -3.39. The lowest BCUT2D eigenvalue weighted by atomic mass is 10.1. The topological polar surface area (TPSA) is 64.3 Å². The zero-order chi connectivity index (χ0) is 17.7. The number of rotatable bonds is 2. The van der Waals surface area contributed by atoms with Gasteiger partial charge in [-0.2, -0.15) is 18.3 Å². The van der Waals surface area contributed by atoms with Crippen LogP contribution in [0, 0.1) is 0 Å². The van der Waals surface area contributed by atoms with Crippen molar-refractivity contribution >= 4 is 31.4 Å². The molecule has 0 spiro atoms. The first-order valence-corrected chi connectivity index (χ1v) is 9.18. The van der Waals surface area contributed by atoms with Crippen LogP contribution in [0.3, 0.4) is 0 Å². The molecule has 0 atom stereocenters. The first kappa shape index (κ1) is 16.9. The van der Waals surface area contributed by atoms with Crippen LogP contribution in [-0.2, 0) is 16.0 Å². The van der Waals surface area contributed by atoms with Crippen LogP contribution in [0.4, 0.5) is 13.2 Å². The number of halogens is 4. The molecule has 0 saturated carbocycles. The third kappa shape index (κ3) is 3.03. The van der Waals surface area contributed by atoms with Crippen LogP contribution in [0.1, 0.15) is 5.69 Å². The van der Waals surface area contributed by atoms with Crippen LogP contribution in [-0.4, -0.2) is 29.3 Å². The Morgan fingerprint density at radius 3 is 2.33 bits per heavy atom. The van der Waals surface area contributed by atoms with Gasteiger partial charge in [0.05, 0.1) is 21.3 Å². The molecule has 3 rings (SSSR count). The fraction of sp³-hybridized carbons (Fsp3) is 0.143. The lowest BCUT2D eigenvalue weighted by Crippen LogP contribution is -2.13. The van der Waals surface area contributed by atoms with Crippen molar-refractivity contribution in [1.82, 2.24) is 14.6 Å². The van der Waals surface area contributed by atoms with E-state index >= 15 is 0 Å². The van der Waals surface area contributed by atoms with E-state index in [9.17, 15) is 21.6 Å². The summed E-state index contributed by atoms with van der Waals surface area (Å²) < 4.78 is 63.7. The Labute approximate surface area is 143 Å². The second kappa shape index (κ2) is 5.55. The van der Waals surface area contributed by atoms with Crippen molar-refractivity contribution in [3.63, 3.8) is 0 Å². The summed E-state index contributed by atoms with van der Waals surface area (Å²) in [6, 6.07) is 6.37. The summed E-state index contributed by atoms with van der Waals surface area (Å²) in [5.74, 6) is 0. The number of nitrogens with zero attached hydrogens (tertiary/aromatic N) is 3. The van der Waals surface area contributed by atoms with E-state index in [1.54, 1.807) is 0 Å². The summed E-state index contributed by atoms with van der Waals surface area (Å²) >= 11 is 3.12. The fourth-order valence-electron chi connectivity index (χ4n) is 2.16. The van der Waals surface area contributed by atoms with E-state index in [1.165, 1.54) is 30.5 Å². The lowest BCUT2D eigenvalue weighted by molar-refractivity contribution is -0.142. The molecule has 2 heterocycles. The van der Waals surface area contributed by atoms with Gasteiger partial charge in [-0.1, -0.05) is 12.1 Å². The Balaban J connectivity index is 2.21. The van der Waals surface area contributed by atoms with Gasteiger partial charge in [-0.05, 0) is 34.1 Å². The summed E-state index contributed by atoms with van der Waals surface area (Å²) in [4.78, 5) is 4.25. The second-order valence-corrected chi connectivity index (χ2v) is 7.92. The molecule has 0 radical (unpaired) electrons. The molecule has 24 heavy (non-hydrogen) atoms. The number of benzene rings is 1. The van der Waals surface area contributed by atoms with Crippen LogP contribution in [0.15, 0.2) is 45.9 Å². The first-order chi connectivity index (χ1) is 11.1. The zero-order valence-electron chi connectivity index (χ0n) is 12.0. The van der Waals surface area contributed by atoms with E-state index in [0.717, 1.165) is 12.3 Å². The highest BCUT2D eigenvalue weighted by Crippen LogP contribution is 2.33. The predicted octanol–water partition coefficient (Wildman–Crippen LogP) is 3.58. The molecule has 10 heteroatoms. The SMILES string of the molecule is CS(=O)(=O)c1ccc(-c2cc(C(F)(F)F)n3ncc(Br)c3n2)cc1. The van der Waals surface area contributed by atoms with Gasteiger partial charge in [0.15, 0.2) is 21.2 Å². The van der Waals surface area contributed by atoms with Crippen LogP contribution < -0.4 is 0 Å². The first-order valence-electron chi connectivity index (χ1n) is 6.49. The van der Waals surface area contributed by atoms with Gasteiger partial charge in [-0.3, -0.25) is 0 Å². The zero-order valence-corrected chi connectivity index (χ0v) is 14.4.